The number of hydrogen-bond donors (Lipinski definition) is 1. The Morgan fingerprint density at radius 1 is 1.67 bits per heavy atom. The quantitative estimate of drug-likeness (QED) is 0.582. The highest BCUT2D eigenvalue weighted by Crippen LogP contribution is 2.32. The molecule has 0 aromatic carbocycles. The van der Waals surface area contributed by atoms with Crippen molar-refractivity contribution in [3.05, 3.63) is 22.6 Å². The Morgan fingerprint density at radius 2 is 2.44 bits per heavy atom. The predicted molar refractivity (Wildman–Crippen MR) is 33.3 cm³/mol. The molecule has 0 saturated heterocycles. The monoisotopic (exact) mass is 124 g/mol. The molecule has 1 saturated carbocycles. The molecule has 0 spiro atoms. The number of H-pyrrole nitrogens is 1. The van der Waals surface area contributed by atoms with Crippen LogP contribution in [-0.4, -0.2) is 9.78 Å². The molecule has 0 bridgehead atoms. The lowest BCUT2D eigenvalue weighted by molar-refractivity contribution is 0.620. The fourth-order valence-corrected chi connectivity index (χ4v) is 0.951. The third-order valence-corrected chi connectivity index (χ3v) is 1.59. The Morgan fingerprint density at radius 3 is 2.89 bits per heavy atom. The van der Waals surface area contributed by atoms with Gasteiger partial charge in [-0.1, -0.05) is 0 Å². The molecule has 0 radical (unpaired) electrons. The van der Waals surface area contributed by atoms with Crippen LogP contribution in [0.4, 0.5) is 0 Å². The summed E-state index contributed by atoms with van der Waals surface area (Å²) in [6.07, 6.45) is 3.99. The Balaban J connectivity index is 2.47. The first-order chi connectivity index (χ1) is 4.38. The van der Waals surface area contributed by atoms with Gasteiger partial charge in [-0.25, -0.2) is 0 Å². The van der Waals surface area contributed by atoms with E-state index in [2.05, 4.69) is 5.10 Å². The van der Waals surface area contributed by atoms with Gasteiger partial charge in [-0.15, -0.1) is 0 Å². The van der Waals surface area contributed by atoms with E-state index >= 15 is 0 Å². The summed E-state index contributed by atoms with van der Waals surface area (Å²) in [7, 11) is 0. The van der Waals surface area contributed by atoms with Gasteiger partial charge in [0.15, 0.2) is 0 Å². The van der Waals surface area contributed by atoms with E-state index in [4.69, 9.17) is 0 Å². The van der Waals surface area contributed by atoms with E-state index in [1.54, 1.807) is 16.9 Å². The third-order valence-electron chi connectivity index (χ3n) is 1.59. The summed E-state index contributed by atoms with van der Waals surface area (Å²) in [4.78, 5) is 10.8. The summed E-state index contributed by atoms with van der Waals surface area (Å²) >= 11 is 0. The van der Waals surface area contributed by atoms with E-state index in [0.717, 1.165) is 12.8 Å². The van der Waals surface area contributed by atoms with Crippen molar-refractivity contribution in [1.82, 2.24) is 9.78 Å². The summed E-state index contributed by atoms with van der Waals surface area (Å²) < 4.78 is 1.68. The number of hydrogen-bond acceptors (Lipinski definition) is 1. The van der Waals surface area contributed by atoms with E-state index in [0.29, 0.717) is 6.04 Å². The second-order valence-electron chi connectivity index (χ2n) is 2.40. The summed E-state index contributed by atoms with van der Waals surface area (Å²) in [5.74, 6) is 0. The van der Waals surface area contributed by atoms with E-state index in [1.165, 1.54) is 0 Å². The molecule has 0 unspecified atom stereocenters. The molecule has 0 amide bonds. The van der Waals surface area contributed by atoms with Gasteiger partial charge in [-0.05, 0) is 12.8 Å². The van der Waals surface area contributed by atoms with Gasteiger partial charge < -0.3 is 5.10 Å². The van der Waals surface area contributed by atoms with Gasteiger partial charge in [0.05, 0.1) is 6.04 Å². The van der Waals surface area contributed by atoms with Gasteiger partial charge in [0.1, 0.15) is 0 Å². The van der Waals surface area contributed by atoms with Crippen LogP contribution in [0, 0.1) is 0 Å². The van der Waals surface area contributed by atoms with E-state index in [-0.39, 0.29) is 5.56 Å². The van der Waals surface area contributed by atoms with Crippen molar-refractivity contribution >= 4 is 0 Å². The Bertz CT molecular complexity index is 256. The normalized spacial score (nSPS) is 18.2. The zero-order valence-electron chi connectivity index (χ0n) is 5.00. The molecule has 9 heavy (non-hydrogen) atoms. The summed E-state index contributed by atoms with van der Waals surface area (Å²) in [6.45, 7) is 0. The number of nitrogens with zero attached hydrogens (tertiary/aromatic N) is 1. The highest BCUT2D eigenvalue weighted by molar-refractivity contribution is 4.88. The van der Waals surface area contributed by atoms with Gasteiger partial charge in [0, 0.05) is 12.3 Å². The number of aromatic nitrogens is 2. The lowest BCUT2D eigenvalue weighted by Gasteiger charge is -1.92. The maximum atomic E-state index is 10.8. The molecule has 1 fully saturated rings. The van der Waals surface area contributed by atoms with Crippen LogP contribution in [0.15, 0.2) is 17.1 Å². The molecule has 1 aliphatic rings. The van der Waals surface area contributed by atoms with Crippen molar-refractivity contribution in [2.24, 2.45) is 0 Å². The second kappa shape index (κ2) is 1.50. The van der Waals surface area contributed by atoms with Gasteiger partial charge >= 0.3 is 0 Å². The van der Waals surface area contributed by atoms with Crippen LogP contribution in [0.25, 0.3) is 0 Å². The summed E-state index contributed by atoms with van der Waals surface area (Å²) in [5, 5.41) is 2.87. The third kappa shape index (κ3) is 0.686. The largest absolute Gasteiger partial charge is 0.303 e. The van der Waals surface area contributed by atoms with Crippen LogP contribution in [0.3, 0.4) is 0 Å². The highest BCUT2D eigenvalue weighted by atomic mass is 16.1. The first kappa shape index (κ1) is 4.85. The van der Waals surface area contributed by atoms with Gasteiger partial charge in [-0.3, -0.25) is 9.48 Å². The predicted octanol–water partition coefficient (Wildman–Crippen LogP) is 0.511. The average molecular weight is 124 g/mol. The maximum absolute atomic E-state index is 10.8. The molecule has 2 rings (SSSR count). The Kier molecular flexibility index (Phi) is 0.806. The SMILES string of the molecule is O=c1cc[nH]n1C1CC1. The Labute approximate surface area is 52.3 Å². The van der Waals surface area contributed by atoms with Crippen LogP contribution >= 0.6 is 0 Å². The first-order valence-corrected chi connectivity index (χ1v) is 3.14. The lowest BCUT2D eigenvalue weighted by atomic mass is 10.7. The van der Waals surface area contributed by atoms with Gasteiger partial charge in [0.25, 0.3) is 5.56 Å². The van der Waals surface area contributed by atoms with Crippen LogP contribution < -0.4 is 5.56 Å². The molecular weight excluding hydrogens is 116 g/mol. The molecule has 1 N–H and O–H groups in total. The van der Waals surface area contributed by atoms with Crippen LogP contribution in [0.2, 0.25) is 0 Å². The minimum absolute atomic E-state index is 0.0949. The van der Waals surface area contributed by atoms with Gasteiger partial charge in [0.2, 0.25) is 0 Å². The minimum Gasteiger partial charge on any atom is -0.303 e. The molecule has 48 valence electrons. The zero-order valence-corrected chi connectivity index (χ0v) is 5.00. The topological polar surface area (TPSA) is 37.8 Å². The fraction of sp³-hybridized carbons (Fsp3) is 0.500. The summed E-state index contributed by atoms with van der Waals surface area (Å²) in [5.41, 5.74) is 0.0949. The first-order valence-electron chi connectivity index (χ1n) is 3.14. The molecule has 1 aromatic heterocycles. The summed E-state index contributed by atoms with van der Waals surface area (Å²) in [6, 6.07) is 2.03. The lowest BCUT2D eigenvalue weighted by Crippen LogP contribution is -2.13. The van der Waals surface area contributed by atoms with E-state index in [1.807, 2.05) is 0 Å². The fourth-order valence-electron chi connectivity index (χ4n) is 0.951. The smallest absolute Gasteiger partial charge is 0.266 e. The van der Waals surface area contributed by atoms with E-state index in [9.17, 15) is 4.79 Å². The molecule has 3 heteroatoms. The van der Waals surface area contributed by atoms with Crippen molar-refractivity contribution in [2.45, 2.75) is 18.9 Å². The minimum atomic E-state index is 0.0949. The molecular formula is C6H8N2O. The molecule has 1 aliphatic carbocycles. The van der Waals surface area contributed by atoms with Crippen molar-refractivity contribution in [3.8, 4) is 0 Å². The van der Waals surface area contributed by atoms with Crippen molar-refractivity contribution < 1.29 is 0 Å². The molecule has 0 atom stereocenters. The van der Waals surface area contributed by atoms with Crippen molar-refractivity contribution in [3.63, 3.8) is 0 Å². The van der Waals surface area contributed by atoms with Gasteiger partial charge in [-0.2, -0.15) is 0 Å². The molecule has 0 aliphatic heterocycles. The molecule has 3 nitrogen and oxygen atoms in total. The number of aromatic amines is 1. The maximum Gasteiger partial charge on any atom is 0.266 e. The number of rotatable bonds is 1. The second-order valence-corrected chi connectivity index (χ2v) is 2.40. The van der Waals surface area contributed by atoms with Crippen LogP contribution in [-0.2, 0) is 0 Å². The molecule has 1 heterocycles. The van der Waals surface area contributed by atoms with E-state index < -0.39 is 0 Å². The number of nitrogens with one attached hydrogen (secondary N) is 1. The Hall–Kier alpha value is -0.990. The molecule has 1 aromatic rings. The zero-order chi connectivity index (χ0) is 6.27. The highest BCUT2D eigenvalue weighted by Gasteiger charge is 2.24. The average Bonchev–Trinajstić information content (AvgIpc) is 2.58. The van der Waals surface area contributed by atoms with Crippen LogP contribution in [0.5, 0.6) is 0 Å². The van der Waals surface area contributed by atoms with Crippen molar-refractivity contribution in [1.29, 1.82) is 0 Å². The standard InChI is InChI=1S/C6H8N2O/c9-6-3-4-7-8(6)5-1-2-5/h3-5,7H,1-2H2. The van der Waals surface area contributed by atoms with Crippen molar-refractivity contribution in [2.75, 3.05) is 0 Å². The van der Waals surface area contributed by atoms with Crippen LogP contribution in [0.1, 0.15) is 18.9 Å².